The molecule has 0 bridgehead atoms. The predicted molar refractivity (Wildman–Crippen MR) is 64.7 cm³/mol. The van der Waals surface area contributed by atoms with Crippen LogP contribution in [-0.2, 0) is 4.79 Å². The van der Waals surface area contributed by atoms with Crippen LogP contribution in [0.2, 0.25) is 0 Å². The topological polar surface area (TPSA) is 20.3 Å². The summed E-state index contributed by atoms with van der Waals surface area (Å²) in [6.07, 6.45) is 10.4. The molecule has 0 aromatic heterocycles. The number of hydrogen-bond acceptors (Lipinski definition) is 1. The molecule has 2 aliphatic rings. The maximum Gasteiger partial charge on any atom is 0.229 e. The van der Waals surface area contributed by atoms with E-state index in [0.717, 1.165) is 45.2 Å². The van der Waals surface area contributed by atoms with Crippen LogP contribution in [0.1, 0.15) is 46.0 Å². The Balaban J connectivity index is 1.96. The molecule has 1 aliphatic carbocycles. The first-order valence-electron chi connectivity index (χ1n) is 6.48. The van der Waals surface area contributed by atoms with Gasteiger partial charge in [-0.15, -0.1) is 0 Å². The number of allylic oxidation sites excluding steroid dienone is 2. The van der Waals surface area contributed by atoms with Gasteiger partial charge in [0, 0.05) is 13.1 Å². The van der Waals surface area contributed by atoms with Gasteiger partial charge in [0.25, 0.3) is 0 Å². The van der Waals surface area contributed by atoms with Gasteiger partial charge in [0.05, 0.1) is 5.41 Å². The van der Waals surface area contributed by atoms with Crippen molar-refractivity contribution in [1.82, 2.24) is 4.90 Å². The van der Waals surface area contributed by atoms with Gasteiger partial charge in [-0.3, -0.25) is 4.79 Å². The van der Waals surface area contributed by atoms with E-state index < -0.39 is 0 Å². The van der Waals surface area contributed by atoms with Crippen LogP contribution < -0.4 is 0 Å². The normalized spacial score (nSPS) is 29.7. The van der Waals surface area contributed by atoms with Crippen molar-refractivity contribution in [2.24, 2.45) is 11.3 Å². The summed E-state index contributed by atoms with van der Waals surface area (Å²) in [6, 6.07) is 0. The molecule has 1 aliphatic heterocycles. The highest BCUT2D eigenvalue weighted by Gasteiger charge is 2.45. The average Bonchev–Trinajstić information content (AvgIpc) is 2.56. The van der Waals surface area contributed by atoms with Gasteiger partial charge in [-0.1, -0.05) is 19.9 Å². The van der Waals surface area contributed by atoms with Crippen molar-refractivity contribution in [3.63, 3.8) is 0 Å². The van der Waals surface area contributed by atoms with Crippen LogP contribution in [-0.4, -0.2) is 23.9 Å². The van der Waals surface area contributed by atoms with Crippen molar-refractivity contribution in [1.29, 1.82) is 0 Å². The fourth-order valence-corrected chi connectivity index (χ4v) is 2.72. The monoisotopic (exact) mass is 220 g/mol. The predicted octanol–water partition coefficient (Wildman–Crippen LogP) is 2.79. The molecule has 0 N–H and O–H groups in total. The smallest absolute Gasteiger partial charge is 0.229 e. The minimum Gasteiger partial charge on any atom is -0.342 e. The van der Waals surface area contributed by atoms with E-state index in [1.807, 2.05) is 0 Å². The molecule has 1 heterocycles. The van der Waals surface area contributed by atoms with E-state index in [4.69, 9.17) is 0 Å². The largest absolute Gasteiger partial charge is 0.342 e. The summed E-state index contributed by atoms with van der Waals surface area (Å²) in [4.78, 5) is 14.5. The lowest BCUT2D eigenvalue weighted by Gasteiger charge is -2.28. The van der Waals surface area contributed by atoms with Gasteiger partial charge in [-0.05, 0) is 44.1 Å². The third kappa shape index (κ3) is 2.16. The number of hydrogen-bond donors (Lipinski definition) is 0. The SMILES string of the molecule is CC(C)CCN1CCC2(CC=[C]CC2)C1=O. The quantitative estimate of drug-likeness (QED) is 0.716. The van der Waals surface area contributed by atoms with Gasteiger partial charge >= 0.3 is 0 Å². The van der Waals surface area contributed by atoms with E-state index in [-0.39, 0.29) is 5.41 Å². The standard InChI is InChI=1S/C14H22NO/c1-12(2)6-10-15-11-9-14(13(15)16)7-4-3-5-8-14/h4,12H,5-11H2,1-2H3. The molecule has 0 aromatic carbocycles. The van der Waals surface area contributed by atoms with Crippen LogP contribution >= 0.6 is 0 Å². The molecule has 1 atom stereocenters. The Kier molecular flexibility index (Phi) is 3.36. The average molecular weight is 220 g/mol. The molecule has 16 heavy (non-hydrogen) atoms. The second-order valence-electron chi connectivity index (χ2n) is 5.62. The summed E-state index contributed by atoms with van der Waals surface area (Å²) in [7, 11) is 0. The number of nitrogens with zero attached hydrogens (tertiary/aromatic N) is 1. The van der Waals surface area contributed by atoms with E-state index in [1.165, 1.54) is 0 Å². The third-order valence-corrected chi connectivity index (χ3v) is 3.96. The molecule has 2 rings (SSSR count). The first-order valence-corrected chi connectivity index (χ1v) is 6.48. The van der Waals surface area contributed by atoms with Crippen LogP contribution in [0.5, 0.6) is 0 Å². The molecule has 1 amide bonds. The van der Waals surface area contributed by atoms with Gasteiger partial charge in [0.15, 0.2) is 0 Å². The minimum atomic E-state index is -0.0395. The Bertz CT molecular complexity index is 295. The van der Waals surface area contributed by atoms with Crippen molar-refractivity contribution in [2.75, 3.05) is 13.1 Å². The molecule has 89 valence electrons. The van der Waals surface area contributed by atoms with Crippen LogP contribution in [0, 0.1) is 17.4 Å². The Labute approximate surface area is 98.7 Å². The number of amides is 1. The van der Waals surface area contributed by atoms with Crippen molar-refractivity contribution >= 4 is 5.91 Å². The van der Waals surface area contributed by atoms with E-state index in [9.17, 15) is 4.79 Å². The molecule has 2 heteroatoms. The molecule has 0 saturated carbocycles. The summed E-state index contributed by atoms with van der Waals surface area (Å²) in [5.74, 6) is 1.09. The zero-order valence-corrected chi connectivity index (χ0v) is 10.5. The summed E-state index contributed by atoms with van der Waals surface area (Å²) in [5, 5.41) is 0. The highest BCUT2D eigenvalue weighted by molar-refractivity contribution is 5.85. The summed E-state index contributed by atoms with van der Waals surface area (Å²) in [6.45, 7) is 6.36. The van der Waals surface area contributed by atoms with E-state index >= 15 is 0 Å². The lowest BCUT2D eigenvalue weighted by Crippen LogP contribution is -2.36. The number of likely N-dealkylation sites (tertiary alicyclic amines) is 1. The lowest BCUT2D eigenvalue weighted by molar-refractivity contribution is -0.136. The first-order chi connectivity index (χ1) is 7.64. The van der Waals surface area contributed by atoms with Crippen LogP contribution in [0.15, 0.2) is 6.08 Å². The first kappa shape index (κ1) is 11.7. The number of carbonyl (C=O) groups is 1. The van der Waals surface area contributed by atoms with Crippen molar-refractivity contribution in [3.05, 3.63) is 12.2 Å². The van der Waals surface area contributed by atoms with Gasteiger partial charge in [0.1, 0.15) is 0 Å². The fraction of sp³-hybridized carbons (Fsp3) is 0.786. The lowest BCUT2D eigenvalue weighted by atomic mass is 9.76. The second-order valence-corrected chi connectivity index (χ2v) is 5.62. The molecule has 1 saturated heterocycles. The fourth-order valence-electron chi connectivity index (χ4n) is 2.72. The Morgan fingerprint density at radius 2 is 2.31 bits per heavy atom. The van der Waals surface area contributed by atoms with Gasteiger partial charge < -0.3 is 4.90 Å². The maximum atomic E-state index is 12.4. The van der Waals surface area contributed by atoms with E-state index in [2.05, 4.69) is 30.9 Å². The molecule has 1 spiro atoms. The van der Waals surface area contributed by atoms with Crippen LogP contribution in [0.25, 0.3) is 0 Å². The highest BCUT2D eigenvalue weighted by Crippen LogP contribution is 2.42. The molecular formula is C14H22NO. The van der Waals surface area contributed by atoms with Crippen molar-refractivity contribution < 1.29 is 4.79 Å². The minimum absolute atomic E-state index is 0.0395. The molecule has 1 unspecified atom stereocenters. The summed E-state index contributed by atoms with van der Waals surface area (Å²) >= 11 is 0. The van der Waals surface area contributed by atoms with Gasteiger partial charge in [0.2, 0.25) is 5.91 Å². The second kappa shape index (κ2) is 4.60. The van der Waals surface area contributed by atoms with Crippen LogP contribution in [0.4, 0.5) is 0 Å². The molecule has 0 aromatic rings. The molecule has 1 radical (unpaired) electrons. The number of carbonyl (C=O) groups excluding carboxylic acids is 1. The van der Waals surface area contributed by atoms with Crippen LogP contribution in [0.3, 0.4) is 0 Å². The van der Waals surface area contributed by atoms with Crippen molar-refractivity contribution in [3.8, 4) is 0 Å². The zero-order chi connectivity index (χ0) is 11.6. The molecule has 2 nitrogen and oxygen atoms in total. The molecule has 1 fully saturated rings. The van der Waals surface area contributed by atoms with E-state index in [0.29, 0.717) is 11.8 Å². The van der Waals surface area contributed by atoms with Gasteiger partial charge in [-0.2, -0.15) is 0 Å². The summed E-state index contributed by atoms with van der Waals surface area (Å²) in [5.41, 5.74) is -0.0395. The zero-order valence-electron chi connectivity index (χ0n) is 10.5. The third-order valence-electron chi connectivity index (χ3n) is 3.96. The molecular weight excluding hydrogens is 198 g/mol. The number of rotatable bonds is 3. The highest BCUT2D eigenvalue weighted by atomic mass is 16.2. The van der Waals surface area contributed by atoms with E-state index in [1.54, 1.807) is 0 Å². The Morgan fingerprint density at radius 1 is 1.50 bits per heavy atom. The maximum absolute atomic E-state index is 12.4. The van der Waals surface area contributed by atoms with Crippen molar-refractivity contribution in [2.45, 2.75) is 46.0 Å². The Hall–Kier alpha value is -0.790. The van der Waals surface area contributed by atoms with Gasteiger partial charge in [-0.25, -0.2) is 0 Å². The summed E-state index contributed by atoms with van der Waals surface area (Å²) < 4.78 is 0. The Morgan fingerprint density at radius 3 is 2.94 bits per heavy atom.